The Bertz CT molecular complexity index is 787. The van der Waals surface area contributed by atoms with Crippen molar-refractivity contribution in [3.05, 3.63) is 18.2 Å². The molecule has 1 aromatic heterocycles. The summed E-state index contributed by atoms with van der Waals surface area (Å²) in [6.45, 7) is 3.45. The maximum absolute atomic E-state index is 13.1. The zero-order chi connectivity index (χ0) is 25.7. The summed E-state index contributed by atoms with van der Waals surface area (Å²) in [5.41, 5.74) is 11.6. The maximum Gasteiger partial charge on any atom is 0.326 e. The highest BCUT2D eigenvalue weighted by Gasteiger charge is 2.30. The highest BCUT2D eigenvalue weighted by Crippen LogP contribution is 2.08. The molecule has 34 heavy (non-hydrogen) atoms. The van der Waals surface area contributed by atoms with Crippen molar-refractivity contribution in [3.8, 4) is 0 Å². The van der Waals surface area contributed by atoms with Gasteiger partial charge in [0, 0.05) is 18.3 Å². The third-order valence-corrected chi connectivity index (χ3v) is 5.05. The standard InChI is InChI=1S/C21H37N7O6/c1-12(2)7-17(21(33)34)28-19(31)15(5-3-4-6-22)26-20(32)16(8-13-9-24-11-25-13)27-18(30)14(23)10-29/h9,11-12,14-17,29H,3-8,10,22-23H2,1-2H3,(H,24,25)(H,26,32)(H,27,30)(H,28,31)(H,33,34). The molecule has 0 aromatic carbocycles. The van der Waals surface area contributed by atoms with Gasteiger partial charge in [0.2, 0.25) is 17.7 Å². The third kappa shape index (κ3) is 10.3. The average Bonchev–Trinajstić information content (AvgIpc) is 3.29. The second kappa shape index (κ2) is 15.0. The largest absolute Gasteiger partial charge is 0.480 e. The number of aromatic nitrogens is 2. The van der Waals surface area contributed by atoms with Crippen LogP contribution in [-0.2, 0) is 25.6 Å². The fourth-order valence-electron chi connectivity index (χ4n) is 3.19. The second-order valence-electron chi connectivity index (χ2n) is 8.51. The first-order valence-corrected chi connectivity index (χ1v) is 11.3. The number of aromatic amines is 1. The molecule has 0 spiro atoms. The van der Waals surface area contributed by atoms with Crippen molar-refractivity contribution in [2.24, 2.45) is 17.4 Å². The number of aliphatic hydroxyl groups excluding tert-OH is 1. The number of carboxylic acids is 1. The Balaban J connectivity index is 3.02. The highest BCUT2D eigenvalue weighted by atomic mass is 16.4. The molecule has 13 nitrogen and oxygen atoms in total. The van der Waals surface area contributed by atoms with Gasteiger partial charge in [0.25, 0.3) is 0 Å². The molecule has 1 rings (SSSR count). The van der Waals surface area contributed by atoms with Gasteiger partial charge in [0.1, 0.15) is 24.2 Å². The van der Waals surface area contributed by atoms with Crippen LogP contribution in [-0.4, -0.2) is 81.2 Å². The van der Waals surface area contributed by atoms with Crippen LogP contribution < -0.4 is 27.4 Å². The van der Waals surface area contributed by atoms with E-state index in [-0.39, 0.29) is 25.2 Å². The van der Waals surface area contributed by atoms with E-state index in [0.29, 0.717) is 25.1 Å². The number of imidazole rings is 1. The van der Waals surface area contributed by atoms with E-state index in [1.807, 2.05) is 13.8 Å². The van der Waals surface area contributed by atoms with E-state index in [4.69, 9.17) is 16.6 Å². The lowest BCUT2D eigenvalue weighted by molar-refractivity contribution is -0.142. The second-order valence-corrected chi connectivity index (χ2v) is 8.51. The minimum atomic E-state index is -1.23. The van der Waals surface area contributed by atoms with Gasteiger partial charge in [-0.2, -0.15) is 0 Å². The molecule has 0 saturated carbocycles. The number of carbonyl (C=O) groups excluding carboxylic acids is 3. The molecular weight excluding hydrogens is 446 g/mol. The Labute approximate surface area is 198 Å². The van der Waals surface area contributed by atoms with Crippen molar-refractivity contribution in [1.82, 2.24) is 25.9 Å². The lowest BCUT2D eigenvalue weighted by Gasteiger charge is -2.25. The minimum absolute atomic E-state index is 0.0245. The van der Waals surface area contributed by atoms with Crippen molar-refractivity contribution in [2.45, 2.75) is 70.1 Å². The molecular formula is C21H37N7O6. The number of hydrogen-bond donors (Lipinski definition) is 8. The fraction of sp³-hybridized carbons (Fsp3) is 0.667. The zero-order valence-electron chi connectivity index (χ0n) is 19.6. The van der Waals surface area contributed by atoms with Gasteiger partial charge in [0.15, 0.2) is 0 Å². The molecule has 4 atom stereocenters. The van der Waals surface area contributed by atoms with Crippen LogP contribution in [0.15, 0.2) is 12.5 Å². The summed E-state index contributed by atoms with van der Waals surface area (Å²) in [5, 5.41) is 26.2. The molecule has 0 aliphatic rings. The van der Waals surface area contributed by atoms with Gasteiger partial charge >= 0.3 is 5.97 Å². The van der Waals surface area contributed by atoms with E-state index >= 15 is 0 Å². The van der Waals surface area contributed by atoms with Crippen molar-refractivity contribution < 1.29 is 29.4 Å². The van der Waals surface area contributed by atoms with Gasteiger partial charge in [-0.3, -0.25) is 14.4 Å². The number of H-pyrrole nitrogens is 1. The molecule has 10 N–H and O–H groups in total. The molecule has 13 heteroatoms. The molecule has 0 saturated heterocycles. The van der Waals surface area contributed by atoms with Crippen molar-refractivity contribution in [3.63, 3.8) is 0 Å². The predicted molar refractivity (Wildman–Crippen MR) is 123 cm³/mol. The Kier molecular flexibility index (Phi) is 12.8. The molecule has 0 bridgehead atoms. The molecule has 1 heterocycles. The third-order valence-electron chi connectivity index (χ3n) is 5.05. The van der Waals surface area contributed by atoms with Gasteiger partial charge in [-0.15, -0.1) is 0 Å². The number of amides is 3. The van der Waals surface area contributed by atoms with Crippen LogP contribution in [0.2, 0.25) is 0 Å². The number of carboxylic acid groups (broad SMARTS) is 1. The van der Waals surface area contributed by atoms with Crippen LogP contribution >= 0.6 is 0 Å². The molecule has 3 amide bonds. The number of nitrogens with zero attached hydrogens (tertiary/aromatic N) is 1. The SMILES string of the molecule is CC(C)CC(NC(=O)C(CCCCN)NC(=O)C(Cc1cnc[nH]1)NC(=O)C(N)CO)C(=O)O. The van der Waals surface area contributed by atoms with Gasteiger partial charge in [-0.1, -0.05) is 13.8 Å². The lowest BCUT2D eigenvalue weighted by atomic mass is 10.0. The Morgan fingerprint density at radius 3 is 2.18 bits per heavy atom. The Hall–Kier alpha value is -3.03. The van der Waals surface area contributed by atoms with E-state index in [1.54, 1.807) is 0 Å². The number of carbonyl (C=O) groups is 4. The molecule has 0 aliphatic heterocycles. The van der Waals surface area contributed by atoms with Crippen LogP contribution in [0.25, 0.3) is 0 Å². The first kappa shape index (κ1) is 29.0. The summed E-state index contributed by atoms with van der Waals surface area (Å²) in [4.78, 5) is 56.5. The topological polar surface area (TPSA) is 226 Å². The predicted octanol–water partition coefficient (Wildman–Crippen LogP) is -2.01. The molecule has 1 aromatic rings. The minimum Gasteiger partial charge on any atom is -0.480 e. The lowest BCUT2D eigenvalue weighted by Crippen LogP contribution is -2.58. The summed E-state index contributed by atoms with van der Waals surface area (Å²) in [6, 6.07) is -4.50. The van der Waals surface area contributed by atoms with E-state index in [9.17, 15) is 24.3 Å². The number of rotatable bonds is 16. The molecule has 0 aliphatic carbocycles. The van der Waals surface area contributed by atoms with Crippen molar-refractivity contribution >= 4 is 23.7 Å². The van der Waals surface area contributed by atoms with Gasteiger partial charge in [0.05, 0.1) is 12.9 Å². The number of aliphatic carboxylic acids is 1. The number of nitrogens with two attached hydrogens (primary N) is 2. The zero-order valence-corrected chi connectivity index (χ0v) is 19.6. The normalized spacial score (nSPS) is 14.6. The molecule has 0 radical (unpaired) electrons. The summed E-state index contributed by atoms with van der Waals surface area (Å²) in [7, 11) is 0. The number of unbranched alkanes of at least 4 members (excludes halogenated alkanes) is 1. The Morgan fingerprint density at radius 1 is 1.03 bits per heavy atom. The fourth-order valence-corrected chi connectivity index (χ4v) is 3.19. The quantitative estimate of drug-likeness (QED) is 0.121. The van der Waals surface area contributed by atoms with Gasteiger partial charge in [-0.25, -0.2) is 9.78 Å². The van der Waals surface area contributed by atoms with Crippen LogP contribution in [0, 0.1) is 5.92 Å². The smallest absolute Gasteiger partial charge is 0.326 e. The summed E-state index contributed by atoms with van der Waals surface area (Å²) in [5.74, 6) is -3.20. The average molecular weight is 484 g/mol. The van der Waals surface area contributed by atoms with Gasteiger partial charge in [-0.05, 0) is 38.1 Å². The maximum atomic E-state index is 13.1. The van der Waals surface area contributed by atoms with Crippen molar-refractivity contribution in [2.75, 3.05) is 13.2 Å². The summed E-state index contributed by atoms with van der Waals surface area (Å²) in [6.07, 6.45) is 4.49. The molecule has 4 unspecified atom stereocenters. The van der Waals surface area contributed by atoms with E-state index in [1.165, 1.54) is 12.5 Å². The van der Waals surface area contributed by atoms with Crippen LogP contribution in [0.4, 0.5) is 0 Å². The van der Waals surface area contributed by atoms with Crippen LogP contribution in [0.3, 0.4) is 0 Å². The van der Waals surface area contributed by atoms with E-state index < -0.39 is 54.5 Å². The summed E-state index contributed by atoms with van der Waals surface area (Å²) < 4.78 is 0. The number of nitrogens with one attached hydrogen (secondary N) is 4. The number of hydrogen-bond acceptors (Lipinski definition) is 8. The van der Waals surface area contributed by atoms with Gasteiger partial charge < -0.3 is 42.6 Å². The Morgan fingerprint density at radius 2 is 1.65 bits per heavy atom. The van der Waals surface area contributed by atoms with Crippen LogP contribution in [0.5, 0.6) is 0 Å². The summed E-state index contributed by atoms with van der Waals surface area (Å²) >= 11 is 0. The van der Waals surface area contributed by atoms with Crippen LogP contribution in [0.1, 0.15) is 45.2 Å². The van der Waals surface area contributed by atoms with Crippen molar-refractivity contribution in [1.29, 1.82) is 0 Å². The first-order chi connectivity index (χ1) is 16.1. The number of aliphatic hydroxyl groups is 1. The highest BCUT2D eigenvalue weighted by molar-refractivity contribution is 5.94. The van der Waals surface area contributed by atoms with E-state index in [0.717, 1.165) is 0 Å². The monoisotopic (exact) mass is 483 g/mol. The van der Waals surface area contributed by atoms with E-state index in [2.05, 4.69) is 25.9 Å². The first-order valence-electron chi connectivity index (χ1n) is 11.3. The molecule has 0 fully saturated rings. The molecule has 192 valence electrons.